The molecular formula is C21H30N4O3S. The number of nitrogens with zero attached hydrogens (tertiary/aromatic N) is 4. The fraction of sp³-hybridized carbons (Fsp3) is 0.524. The van der Waals surface area contributed by atoms with Gasteiger partial charge < -0.3 is 4.90 Å². The first-order chi connectivity index (χ1) is 13.9. The first kappa shape index (κ1) is 21.7. The molecule has 2 heterocycles. The van der Waals surface area contributed by atoms with Crippen LogP contribution in [0.4, 0.5) is 0 Å². The molecule has 1 amide bonds. The van der Waals surface area contributed by atoms with Gasteiger partial charge in [-0.3, -0.25) is 14.7 Å². The van der Waals surface area contributed by atoms with E-state index in [4.69, 9.17) is 0 Å². The largest absolute Gasteiger partial charge is 0.342 e. The van der Waals surface area contributed by atoms with Gasteiger partial charge in [-0.05, 0) is 57.5 Å². The molecule has 0 atom stereocenters. The summed E-state index contributed by atoms with van der Waals surface area (Å²) < 4.78 is 28.3. The average molecular weight is 419 g/mol. The molecule has 1 aromatic carbocycles. The zero-order valence-corrected chi connectivity index (χ0v) is 18.3. The molecule has 29 heavy (non-hydrogen) atoms. The fourth-order valence-corrected chi connectivity index (χ4v) is 5.52. The van der Waals surface area contributed by atoms with Crippen molar-refractivity contribution in [2.24, 2.45) is 0 Å². The minimum atomic E-state index is -3.63. The van der Waals surface area contributed by atoms with Crippen molar-refractivity contribution >= 4 is 26.8 Å². The van der Waals surface area contributed by atoms with Crippen LogP contribution in [0.15, 0.2) is 35.4 Å². The summed E-state index contributed by atoms with van der Waals surface area (Å²) in [7, 11) is -3.63. The van der Waals surface area contributed by atoms with Crippen LogP contribution in [0.2, 0.25) is 0 Å². The summed E-state index contributed by atoms with van der Waals surface area (Å²) in [6.07, 6.45) is 2.38. The Bertz CT molecular complexity index is 973. The summed E-state index contributed by atoms with van der Waals surface area (Å²) in [6.45, 7) is 9.70. The number of fused-ring (bicyclic) bond motifs is 1. The predicted octanol–water partition coefficient (Wildman–Crippen LogP) is 2.11. The molecule has 1 aliphatic rings. The maximum atomic E-state index is 13.4. The number of benzene rings is 1. The molecule has 0 radical (unpaired) electrons. The van der Waals surface area contributed by atoms with Crippen molar-refractivity contribution in [1.29, 1.82) is 0 Å². The Morgan fingerprint density at radius 3 is 2.59 bits per heavy atom. The van der Waals surface area contributed by atoms with E-state index in [0.29, 0.717) is 56.0 Å². The van der Waals surface area contributed by atoms with E-state index in [1.165, 1.54) is 0 Å². The van der Waals surface area contributed by atoms with E-state index in [2.05, 4.69) is 9.88 Å². The number of aromatic nitrogens is 1. The lowest BCUT2D eigenvalue weighted by atomic mass is 10.1. The van der Waals surface area contributed by atoms with Crippen LogP contribution in [-0.2, 0) is 14.8 Å². The van der Waals surface area contributed by atoms with Gasteiger partial charge in [-0.2, -0.15) is 4.31 Å². The zero-order valence-electron chi connectivity index (χ0n) is 17.5. The van der Waals surface area contributed by atoms with Crippen molar-refractivity contribution < 1.29 is 13.2 Å². The van der Waals surface area contributed by atoms with E-state index >= 15 is 0 Å². The quantitative estimate of drug-likeness (QED) is 0.718. The van der Waals surface area contributed by atoms with Crippen LogP contribution in [-0.4, -0.2) is 79.2 Å². The van der Waals surface area contributed by atoms with Crippen LogP contribution in [0.5, 0.6) is 0 Å². The van der Waals surface area contributed by atoms with E-state index in [1.807, 2.05) is 37.8 Å². The number of hydrogen-bond donors (Lipinski definition) is 0. The summed E-state index contributed by atoms with van der Waals surface area (Å²) in [5.74, 6) is 0.0990. The van der Waals surface area contributed by atoms with E-state index < -0.39 is 10.0 Å². The number of amides is 1. The summed E-state index contributed by atoms with van der Waals surface area (Å²) in [6, 6.07) is 7.08. The summed E-state index contributed by atoms with van der Waals surface area (Å²) >= 11 is 0. The fourth-order valence-electron chi connectivity index (χ4n) is 3.87. The van der Waals surface area contributed by atoms with Crippen molar-refractivity contribution in [2.45, 2.75) is 32.1 Å². The number of rotatable bonds is 6. The molecule has 1 saturated heterocycles. The van der Waals surface area contributed by atoms with Crippen LogP contribution >= 0.6 is 0 Å². The zero-order chi connectivity index (χ0) is 21.0. The highest BCUT2D eigenvalue weighted by Crippen LogP contribution is 2.27. The molecule has 0 unspecified atom stereocenters. The van der Waals surface area contributed by atoms with E-state index in [1.54, 1.807) is 22.6 Å². The topological polar surface area (TPSA) is 73.8 Å². The highest BCUT2D eigenvalue weighted by Gasteiger charge is 2.29. The second-order valence-electron chi connectivity index (χ2n) is 7.38. The Hall–Kier alpha value is -2.03. The lowest BCUT2D eigenvalue weighted by Crippen LogP contribution is -2.42. The van der Waals surface area contributed by atoms with Gasteiger partial charge in [0.15, 0.2) is 0 Å². The first-order valence-electron chi connectivity index (χ1n) is 10.2. The second-order valence-corrected chi connectivity index (χ2v) is 9.29. The van der Waals surface area contributed by atoms with Crippen LogP contribution < -0.4 is 0 Å². The van der Waals surface area contributed by atoms with E-state index in [0.717, 1.165) is 17.6 Å². The van der Waals surface area contributed by atoms with E-state index in [9.17, 15) is 13.2 Å². The highest BCUT2D eigenvalue weighted by molar-refractivity contribution is 7.89. The van der Waals surface area contributed by atoms with Gasteiger partial charge in [0, 0.05) is 44.3 Å². The maximum Gasteiger partial charge on any atom is 0.243 e. The predicted molar refractivity (Wildman–Crippen MR) is 114 cm³/mol. The third-order valence-corrected chi connectivity index (χ3v) is 7.53. The Morgan fingerprint density at radius 1 is 1.10 bits per heavy atom. The molecule has 3 rings (SSSR count). The van der Waals surface area contributed by atoms with Gasteiger partial charge in [0.1, 0.15) is 0 Å². The average Bonchev–Trinajstić information content (AvgIpc) is 2.95. The third-order valence-electron chi connectivity index (χ3n) is 5.57. The Balaban J connectivity index is 1.78. The van der Waals surface area contributed by atoms with Gasteiger partial charge in [-0.25, -0.2) is 8.42 Å². The molecule has 1 fully saturated rings. The molecule has 0 N–H and O–H groups in total. The molecule has 0 bridgehead atoms. The molecule has 1 aliphatic heterocycles. The number of likely N-dealkylation sites (N-methyl/N-ethyl adjacent to an activating group) is 1. The molecule has 7 nitrogen and oxygen atoms in total. The summed E-state index contributed by atoms with van der Waals surface area (Å²) in [4.78, 5) is 20.9. The van der Waals surface area contributed by atoms with Crippen LogP contribution in [0, 0.1) is 6.92 Å². The van der Waals surface area contributed by atoms with Gasteiger partial charge in [0.05, 0.1) is 17.0 Å². The number of pyridine rings is 1. The molecule has 1 aromatic heterocycles. The molecule has 2 aromatic rings. The number of aryl methyl sites for hydroxylation is 1. The molecule has 158 valence electrons. The molecule has 8 heteroatoms. The lowest BCUT2D eigenvalue weighted by molar-refractivity contribution is -0.132. The second kappa shape index (κ2) is 9.19. The summed E-state index contributed by atoms with van der Waals surface area (Å²) in [5, 5.41) is 0.658. The summed E-state index contributed by atoms with van der Waals surface area (Å²) in [5.41, 5.74) is 1.67. The standard InChI is InChI=1S/C21H30N4O3S/c1-4-24(5-2)20(26)16-23-12-7-13-25(15-14-23)29(27,28)19-10-9-17(3)21-18(19)8-6-11-22-21/h6,8-11H,4-5,7,12-16H2,1-3H3. The van der Waals surface area contributed by atoms with Crippen molar-refractivity contribution in [3.63, 3.8) is 0 Å². The van der Waals surface area contributed by atoms with Crippen molar-refractivity contribution in [3.05, 3.63) is 36.0 Å². The highest BCUT2D eigenvalue weighted by atomic mass is 32.2. The number of sulfonamides is 1. The normalized spacial score (nSPS) is 16.7. The number of carbonyl (C=O) groups excluding carboxylic acids is 1. The monoisotopic (exact) mass is 418 g/mol. The first-order valence-corrected chi connectivity index (χ1v) is 11.7. The van der Waals surface area contributed by atoms with Gasteiger partial charge in [-0.15, -0.1) is 0 Å². The Labute approximate surface area is 173 Å². The maximum absolute atomic E-state index is 13.4. The van der Waals surface area contributed by atoms with Crippen molar-refractivity contribution in [2.75, 3.05) is 45.8 Å². The van der Waals surface area contributed by atoms with Crippen LogP contribution in [0.1, 0.15) is 25.8 Å². The van der Waals surface area contributed by atoms with E-state index in [-0.39, 0.29) is 5.91 Å². The minimum Gasteiger partial charge on any atom is -0.342 e. The van der Waals surface area contributed by atoms with Gasteiger partial charge in [0.2, 0.25) is 15.9 Å². The van der Waals surface area contributed by atoms with Crippen molar-refractivity contribution in [1.82, 2.24) is 19.1 Å². The molecular weight excluding hydrogens is 388 g/mol. The SMILES string of the molecule is CCN(CC)C(=O)CN1CCCN(S(=O)(=O)c2ccc(C)c3ncccc23)CC1. The smallest absolute Gasteiger partial charge is 0.243 e. The van der Waals surface area contributed by atoms with Crippen LogP contribution in [0.3, 0.4) is 0 Å². The molecule has 0 aliphatic carbocycles. The lowest BCUT2D eigenvalue weighted by Gasteiger charge is -2.25. The van der Waals surface area contributed by atoms with Crippen molar-refractivity contribution in [3.8, 4) is 0 Å². The van der Waals surface area contributed by atoms with Crippen LogP contribution in [0.25, 0.3) is 10.9 Å². The number of carbonyl (C=O) groups is 1. The third kappa shape index (κ3) is 4.60. The van der Waals surface area contributed by atoms with Gasteiger partial charge >= 0.3 is 0 Å². The molecule has 0 spiro atoms. The van der Waals surface area contributed by atoms with Gasteiger partial charge in [0.25, 0.3) is 0 Å². The Morgan fingerprint density at radius 2 is 1.86 bits per heavy atom. The minimum absolute atomic E-state index is 0.0990. The van der Waals surface area contributed by atoms with Gasteiger partial charge in [-0.1, -0.05) is 6.07 Å². The Kier molecular flexibility index (Phi) is 6.87. The number of hydrogen-bond acceptors (Lipinski definition) is 5. The molecule has 0 saturated carbocycles.